The first-order valence-corrected chi connectivity index (χ1v) is 11.2. The van der Waals surface area contributed by atoms with Gasteiger partial charge < -0.3 is 9.64 Å². The lowest BCUT2D eigenvalue weighted by Crippen LogP contribution is -2.50. The summed E-state index contributed by atoms with van der Waals surface area (Å²) in [6.07, 6.45) is -2.60. The Balaban J connectivity index is 1.38. The third-order valence-electron chi connectivity index (χ3n) is 6.01. The Morgan fingerprint density at radius 3 is 2.19 bits per heavy atom. The summed E-state index contributed by atoms with van der Waals surface area (Å²) in [7, 11) is 0. The number of piperazine rings is 1. The fourth-order valence-electron chi connectivity index (χ4n) is 3.89. The van der Waals surface area contributed by atoms with Crippen molar-refractivity contribution in [3.05, 3.63) is 70.2 Å². The number of ether oxygens (including phenoxy) is 1. The normalized spacial score (nSPS) is 18.6. The highest BCUT2D eigenvalue weighted by Crippen LogP contribution is 2.32. The molecular weight excluding hydrogens is 441 g/mol. The molecule has 2 aromatic rings. The second kappa shape index (κ2) is 9.81. The Labute approximate surface area is 190 Å². The molecule has 0 radical (unpaired) electrons. The van der Waals surface area contributed by atoms with Crippen LogP contribution in [-0.4, -0.2) is 48.4 Å². The van der Waals surface area contributed by atoms with E-state index in [0.29, 0.717) is 30.2 Å². The summed E-state index contributed by atoms with van der Waals surface area (Å²) in [6, 6.07) is 12.5. The van der Waals surface area contributed by atoms with Gasteiger partial charge in [0.2, 0.25) is 5.91 Å². The average molecular weight is 467 g/mol. The molecule has 0 spiro atoms. The summed E-state index contributed by atoms with van der Waals surface area (Å²) in [5.74, 6) is 0.507. The van der Waals surface area contributed by atoms with Gasteiger partial charge in [-0.25, -0.2) is 0 Å². The van der Waals surface area contributed by atoms with Crippen LogP contribution in [0.2, 0.25) is 5.02 Å². The van der Waals surface area contributed by atoms with Crippen LogP contribution in [0.25, 0.3) is 0 Å². The van der Waals surface area contributed by atoms with Gasteiger partial charge in [0.15, 0.2) is 0 Å². The zero-order valence-corrected chi connectivity index (χ0v) is 18.4. The fourth-order valence-corrected chi connectivity index (χ4v) is 4.02. The standard InChI is InChI=1S/C24H26ClF3N2O2/c25-21-9-5-18(6-10-21)22(32-16-17-1-7-20(8-2-17)24(26,27)28)15-29-11-13-30(14-12-29)23(31)19-3-4-19/h1-2,5-10,19,22H,3-4,11-16H2. The third kappa shape index (κ3) is 6.03. The lowest BCUT2D eigenvalue weighted by Gasteiger charge is -2.36. The smallest absolute Gasteiger partial charge is 0.368 e. The van der Waals surface area contributed by atoms with Crippen LogP contribution in [0.1, 0.15) is 35.6 Å². The molecule has 2 fully saturated rings. The Morgan fingerprint density at radius 1 is 1.00 bits per heavy atom. The van der Waals surface area contributed by atoms with E-state index in [0.717, 1.165) is 43.6 Å². The Bertz CT molecular complexity index is 906. The van der Waals surface area contributed by atoms with E-state index in [4.69, 9.17) is 16.3 Å². The van der Waals surface area contributed by atoms with Crippen molar-refractivity contribution in [1.29, 1.82) is 0 Å². The van der Waals surface area contributed by atoms with Crippen molar-refractivity contribution < 1.29 is 22.7 Å². The minimum Gasteiger partial charge on any atom is -0.368 e. The van der Waals surface area contributed by atoms with E-state index in [1.165, 1.54) is 12.1 Å². The van der Waals surface area contributed by atoms with Crippen LogP contribution in [0.3, 0.4) is 0 Å². The Kier molecular flexibility index (Phi) is 7.08. The number of hydrogen-bond donors (Lipinski definition) is 0. The summed E-state index contributed by atoms with van der Waals surface area (Å²) in [6.45, 7) is 3.79. The van der Waals surface area contributed by atoms with Gasteiger partial charge in [-0.3, -0.25) is 9.69 Å². The predicted octanol–water partition coefficient (Wildman–Crippen LogP) is 5.17. The van der Waals surface area contributed by atoms with E-state index in [2.05, 4.69) is 4.90 Å². The number of carbonyl (C=O) groups is 1. The molecule has 0 aromatic heterocycles. The van der Waals surface area contributed by atoms with Crippen molar-refractivity contribution in [1.82, 2.24) is 9.80 Å². The van der Waals surface area contributed by atoms with Gasteiger partial charge in [-0.1, -0.05) is 35.9 Å². The molecule has 1 unspecified atom stereocenters. The molecule has 1 heterocycles. The molecule has 1 aliphatic carbocycles. The molecule has 4 rings (SSSR count). The monoisotopic (exact) mass is 466 g/mol. The molecule has 2 aliphatic rings. The molecule has 1 aliphatic heterocycles. The van der Waals surface area contributed by atoms with Crippen molar-refractivity contribution >= 4 is 17.5 Å². The second-order valence-corrected chi connectivity index (χ2v) is 8.88. The molecule has 1 amide bonds. The van der Waals surface area contributed by atoms with Crippen LogP contribution < -0.4 is 0 Å². The molecular formula is C24H26ClF3N2O2. The number of hydrogen-bond acceptors (Lipinski definition) is 3. The number of amides is 1. The van der Waals surface area contributed by atoms with Crippen LogP contribution in [0.5, 0.6) is 0 Å². The molecule has 1 atom stereocenters. The minimum absolute atomic E-state index is 0.200. The van der Waals surface area contributed by atoms with Gasteiger partial charge in [0, 0.05) is 43.7 Å². The van der Waals surface area contributed by atoms with Gasteiger partial charge in [-0.05, 0) is 48.2 Å². The average Bonchev–Trinajstić information content (AvgIpc) is 3.62. The van der Waals surface area contributed by atoms with Crippen LogP contribution >= 0.6 is 11.6 Å². The van der Waals surface area contributed by atoms with E-state index < -0.39 is 11.7 Å². The molecule has 2 aromatic carbocycles. The molecule has 0 bridgehead atoms. The first-order valence-electron chi connectivity index (χ1n) is 10.8. The van der Waals surface area contributed by atoms with Crippen molar-refractivity contribution in [3.8, 4) is 0 Å². The van der Waals surface area contributed by atoms with E-state index in [1.807, 2.05) is 17.0 Å². The molecule has 8 heteroatoms. The largest absolute Gasteiger partial charge is 0.416 e. The maximum Gasteiger partial charge on any atom is 0.416 e. The maximum atomic E-state index is 12.8. The van der Waals surface area contributed by atoms with Crippen molar-refractivity contribution in [2.24, 2.45) is 5.92 Å². The zero-order chi connectivity index (χ0) is 22.7. The highest BCUT2D eigenvalue weighted by Gasteiger charge is 2.35. The fraction of sp³-hybridized carbons (Fsp3) is 0.458. The SMILES string of the molecule is O=C(C1CC1)N1CCN(CC(OCc2ccc(C(F)(F)F)cc2)c2ccc(Cl)cc2)CC1. The Morgan fingerprint density at radius 2 is 1.62 bits per heavy atom. The highest BCUT2D eigenvalue weighted by molar-refractivity contribution is 6.30. The van der Waals surface area contributed by atoms with Gasteiger partial charge in [0.1, 0.15) is 0 Å². The van der Waals surface area contributed by atoms with Crippen molar-refractivity contribution in [3.63, 3.8) is 0 Å². The highest BCUT2D eigenvalue weighted by atomic mass is 35.5. The van der Waals surface area contributed by atoms with Crippen LogP contribution in [-0.2, 0) is 22.3 Å². The number of rotatable bonds is 7. The van der Waals surface area contributed by atoms with Gasteiger partial charge in [-0.2, -0.15) is 13.2 Å². The summed E-state index contributed by atoms with van der Waals surface area (Å²) >= 11 is 6.03. The third-order valence-corrected chi connectivity index (χ3v) is 6.26. The number of nitrogens with zero attached hydrogens (tertiary/aromatic N) is 2. The lowest BCUT2D eigenvalue weighted by molar-refractivity contribution is -0.137. The van der Waals surface area contributed by atoms with Gasteiger partial charge in [0.05, 0.1) is 18.3 Å². The second-order valence-electron chi connectivity index (χ2n) is 8.45. The lowest BCUT2D eigenvalue weighted by atomic mass is 10.1. The summed E-state index contributed by atoms with van der Waals surface area (Å²) in [4.78, 5) is 16.5. The number of carbonyl (C=O) groups excluding carboxylic acids is 1. The van der Waals surface area contributed by atoms with Crippen LogP contribution in [0.4, 0.5) is 13.2 Å². The van der Waals surface area contributed by atoms with E-state index in [-0.39, 0.29) is 24.5 Å². The van der Waals surface area contributed by atoms with Crippen LogP contribution in [0.15, 0.2) is 48.5 Å². The van der Waals surface area contributed by atoms with Gasteiger partial charge in [0.25, 0.3) is 0 Å². The molecule has 32 heavy (non-hydrogen) atoms. The van der Waals surface area contributed by atoms with Crippen LogP contribution in [0, 0.1) is 5.92 Å². The maximum absolute atomic E-state index is 12.8. The first-order chi connectivity index (χ1) is 15.3. The van der Waals surface area contributed by atoms with Gasteiger partial charge in [-0.15, -0.1) is 0 Å². The zero-order valence-electron chi connectivity index (χ0n) is 17.7. The molecule has 172 valence electrons. The van der Waals surface area contributed by atoms with E-state index in [1.54, 1.807) is 12.1 Å². The van der Waals surface area contributed by atoms with E-state index >= 15 is 0 Å². The van der Waals surface area contributed by atoms with Crippen molar-refractivity contribution in [2.45, 2.75) is 31.7 Å². The summed E-state index contributed by atoms with van der Waals surface area (Å²) in [5.41, 5.74) is 0.962. The minimum atomic E-state index is -4.35. The molecule has 1 saturated heterocycles. The quantitative estimate of drug-likeness (QED) is 0.564. The molecule has 1 saturated carbocycles. The molecule has 0 N–H and O–H groups in total. The van der Waals surface area contributed by atoms with Gasteiger partial charge >= 0.3 is 6.18 Å². The first kappa shape index (κ1) is 23.1. The number of alkyl halides is 3. The summed E-state index contributed by atoms with van der Waals surface area (Å²) in [5, 5.41) is 0.627. The summed E-state index contributed by atoms with van der Waals surface area (Å²) < 4.78 is 44.6. The Hall–Kier alpha value is -2.09. The van der Waals surface area contributed by atoms with Crippen molar-refractivity contribution in [2.75, 3.05) is 32.7 Å². The number of benzene rings is 2. The molecule has 4 nitrogen and oxygen atoms in total. The number of halogens is 4. The topological polar surface area (TPSA) is 32.8 Å². The predicted molar refractivity (Wildman–Crippen MR) is 116 cm³/mol. The van der Waals surface area contributed by atoms with E-state index in [9.17, 15) is 18.0 Å².